The monoisotopic (exact) mass is 399 g/mol. The van der Waals surface area contributed by atoms with E-state index in [1.165, 1.54) is 6.92 Å². The van der Waals surface area contributed by atoms with E-state index in [2.05, 4.69) is 5.32 Å². The largest absolute Gasteiger partial charge is 0.354 e. The summed E-state index contributed by atoms with van der Waals surface area (Å²) in [7, 11) is 0. The van der Waals surface area contributed by atoms with E-state index in [0.29, 0.717) is 30.2 Å². The van der Waals surface area contributed by atoms with Crippen LogP contribution >= 0.6 is 11.6 Å². The predicted molar refractivity (Wildman–Crippen MR) is 107 cm³/mol. The number of amides is 2. The van der Waals surface area contributed by atoms with Crippen molar-refractivity contribution in [1.29, 1.82) is 0 Å². The normalized spacial score (nSPS) is 23.1. The number of halogens is 1. The van der Waals surface area contributed by atoms with Gasteiger partial charge in [0, 0.05) is 54.8 Å². The molecule has 28 heavy (non-hydrogen) atoms. The molecule has 1 N–H and O–H groups in total. The molecule has 2 amide bonds. The first-order valence-electron chi connectivity index (χ1n) is 9.45. The SMILES string of the molecule is CC(=O)NC[C@H]1[C@H]2C[C@H](CN(C(=O)c3cccc(Cl)c3)C2)c2cccc(=O)n21. The third-order valence-electron chi connectivity index (χ3n) is 5.72. The maximum atomic E-state index is 13.1. The number of hydrogen-bond acceptors (Lipinski definition) is 3. The summed E-state index contributed by atoms with van der Waals surface area (Å²) in [5.41, 5.74) is 1.44. The highest BCUT2D eigenvalue weighted by molar-refractivity contribution is 6.30. The fourth-order valence-corrected chi connectivity index (χ4v) is 4.71. The molecule has 7 heteroatoms. The van der Waals surface area contributed by atoms with E-state index in [-0.39, 0.29) is 35.3 Å². The molecule has 6 nitrogen and oxygen atoms in total. The van der Waals surface area contributed by atoms with E-state index in [9.17, 15) is 14.4 Å². The van der Waals surface area contributed by atoms with Crippen molar-refractivity contribution in [2.75, 3.05) is 19.6 Å². The smallest absolute Gasteiger partial charge is 0.253 e. The Bertz CT molecular complexity index is 987. The molecule has 4 rings (SSSR count). The van der Waals surface area contributed by atoms with Crippen LogP contribution in [-0.2, 0) is 4.79 Å². The molecular formula is C21H22ClN3O3. The van der Waals surface area contributed by atoms with Gasteiger partial charge in [-0.2, -0.15) is 0 Å². The summed E-state index contributed by atoms with van der Waals surface area (Å²) < 4.78 is 1.82. The van der Waals surface area contributed by atoms with Crippen LogP contribution in [0.15, 0.2) is 47.3 Å². The molecule has 2 bridgehead atoms. The van der Waals surface area contributed by atoms with E-state index >= 15 is 0 Å². The molecule has 2 aliphatic heterocycles. The van der Waals surface area contributed by atoms with Gasteiger partial charge in [-0.05, 0) is 36.6 Å². The Balaban J connectivity index is 1.67. The molecule has 146 valence electrons. The molecule has 0 saturated carbocycles. The van der Waals surface area contributed by atoms with E-state index in [1.54, 1.807) is 36.4 Å². The maximum absolute atomic E-state index is 13.1. The standard InChI is InChI=1S/C21H22ClN3O3/c1-13(26)23-10-19-16-8-15(18-6-3-7-20(27)25(18)19)11-24(12-16)21(28)14-4-2-5-17(22)9-14/h2-7,9,15-16,19H,8,10-12H2,1H3,(H,23,26)/t15-,16+,19+/m1/s1. The molecule has 2 aromatic rings. The molecule has 2 aliphatic rings. The first kappa shape index (κ1) is 18.7. The topological polar surface area (TPSA) is 71.4 Å². The lowest BCUT2D eigenvalue weighted by Gasteiger charge is -2.47. The first-order valence-corrected chi connectivity index (χ1v) is 9.82. The lowest BCUT2D eigenvalue weighted by atomic mass is 9.78. The highest BCUT2D eigenvalue weighted by Gasteiger charge is 2.41. The zero-order valence-electron chi connectivity index (χ0n) is 15.6. The Hall–Kier alpha value is -2.60. The number of carbonyl (C=O) groups excluding carboxylic acids is 2. The average Bonchev–Trinajstić information content (AvgIpc) is 2.67. The highest BCUT2D eigenvalue weighted by atomic mass is 35.5. The Morgan fingerprint density at radius 2 is 1.96 bits per heavy atom. The van der Waals surface area contributed by atoms with Crippen LogP contribution < -0.4 is 10.9 Å². The van der Waals surface area contributed by atoms with Gasteiger partial charge in [0.05, 0.1) is 6.04 Å². The van der Waals surface area contributed by atoms with Gasteiger partial charge in [0.2, 0.25) is 5.91 Å². The highest BCUT2D eigenvalue weighted by Crippen LogP contribution is 2.41. The molecule has 0 aliphatic carbocycles. The third kappa shape index (κ3) is 3.44. The fourth-order valence-electron chi connectivity index (χ4n) is 4.52. The molecular weight excluding hydrogens is 378 g/mol. The number of piperidine rings is 1. The van der Waals surface area contributed by atoms with Crippen molar-refractivity contribution in [2.45, 2.75) is 25.3 Å². The Morgan fingerprint density at radius 3 is 2.71 bits per heavy atom. The summed E-state index contributed by atoms with van der Waals surface area (Å²) in [5.74, 6) is 0.0169. The van der Waals surface area contributed by atoms with Gasteiger partial charge < -0.3 is 14.8 Å². The number of nitrogens with one attached hydrogen (secondary N) is 1. The van der Waals surface area contributed by atoms with E-state index in [1.807, 2.05) is 15.5 Å². The lowest BCUT2D eigenvalue weighted by Crippen LogP contribution is -2.53. The molecule has 1 fully saturated rings. The van der Waals surface area contributed by atoms with Gasteiger partial charge in [0.1, 0.15) is 0 Å². The number of carbonyl (C=O) groups is 2. The van der Waals surface area contributed by atoms with Crippen molar-refractivity contribution in [3.05, 3.63) is 69.1 Å². The summed E-state index contributed by atoms with van der Waals surface area (Å²) in [4.78, 5) is 39.0. The van der Waals surface area contributed by atoms with Crippen molar-refractivity contribution >= 4 is 23.4 Å². The molecule has 0 spiro atoms. The Kier molecular flexibility index (Phi) is 4.98. The Labute approximate surface area is 168 Å². The van der Waals surface area contributed by atoms with Gasteiger partial charge in [-0.1, -0.05) is 23.7 Å². The predicted octanol–water partition coefficient (Wildman–Crippen LogP) is 2.44. The number of nitrogens with zero attached hydrogens (tertiary/aromatic N) is 2. The lowest BCUT2D eigenvalue weighted by molar-refractivity contribution is -0.119. The minimum absolute atomic E-state index is 0.0535. The van der Waals surface area contributed by atoms with E-state index in [0.717, 1.165) is 12.1 Å². The van der Waals surface area contributed by atoms with Crippen LogP contribution in [0.2, 0.25) is 5.02 Å². The molecule has 0 radical (unpaired) electrons. The van der Waals surface area contributed by atoms with Gasteiger partial charge in [-0.25, -0.2) is 0 Å². The molecule has 1 aromatic heterocycles. The van der Waals surface area contributed by atoms with Gasteiger partial charge in [0.15, 0.2) is 0 Å². The van der Waals surface area contributed by atoms with Crippen molar-refractivity contribution in [1.82, 2.24) is 14.8 Å². The Morgan fingerprint density at radius 1 is 1.18 bits per heavy atom. The summed E-state index contributed by atoms with van der Waals surface area (Å²) >= 11 is 6.05. The van der Waals surface area contributed by atoms with E-state index in [4.69, 9.17) is 11.6 Å². The number of pyridine rings is 1. The molecule has 3 heterocycles. The van der Waals surface area contributed by atoms with Crippen LogP contribution in [0.5, 0.6) is 0 Å². The minimum atomic E-state index is -0.168. The minimum Gasteiger partial charge on any atom is -0.354 e. The summed E-state index contributed by atoms with van der Waals surface area (Å²) in [5, 5.41) is 3.38. The van der Waals surface area contributed by atoms with Gasteiger partial charge in [-0.15, -0.1) is 0 Å². The van der Waals surface area contributed by atoms with Gasteiger partial charge in [-0.3, -0.25) is 14.4 Å². The van der Waals surface area contributed by atoms with Crippen molar-refractivity contribution < 1.29 is 9.59 Å². The third-order valence-corrected chi connectivity index (χ3v) is 5.95. The van der Waals surface area contributed by atoms with Crippen LogP contribution in [0.3, 0.4) is 0 Å². The van der Waals surface area contributed by atoms with Crippen LogP contribution in [0.25, 0.3) is 0 Å². The first-order chi connectivity index (χ1) is 13.4. The summed E-state index contributed by atoms with van der Waals surface area (Å²) in [6, 6.07) is 12.1. The number of fused-ring (bicyclic) bond motifs is 4. The molecule has 0 unspecified atom stereocenters. The van der Waals surface area contributed by atoms with Crippen molar-refractivity contribution in [2.24, 2.45) is 5.92 Å². The van der Waals surface area contributed by atoms with Gasteiger partial charge in [0.25, 0.3) is 11.5 Å². The number of aromatic nitrogens is 1. The second-order valence-corrected chi connectivity index (χ2v) is 8.01. The summed E-state index contributed by atoms with van der Waals surface area (Å²) in [6.45, 7) is 2.96. The van der Waals surface area contributed by atoms with Crippen LogP contribution in [0, 0.1) is 5.92 Å². The molecule has 1 saturated heterocycles. The molecule has 3 atom stereocenters. The number of likely N-dealkylation sites (tertiary alicyclic amines) is 1. The second kappa shape index (κ2) is 7.43. The second-order valence-electron chi connectivity index (χ2n) is 7.58. The van der Waals surface area contributed by atoms with Crippen LogP contribution in [0.1, 0.15) is 41.4 Å². The zero-order valence-corrected chi connectivity index (χ0v) is 16.4. The quantitative estimate of drug-likeness (QED) is 0.861. The zero-order chi connectivity index (χ0) is 19.8. The fraction of sp³-hybridized carbons (Fsp3) is 0.381. The number of hydrogen-bond donors (Lipinski definition) is 1. The maximum Gasteiger partial charge on any atom is 0.253 e. The van der Waals surface area contributed by atoms with Crippen LogP contribution in [0.4, 0.5) is 0 Å². The number of rotatable bonds is 3. The van der Waals surface area contributed by atoms with Crippen molar-refractivity contribution in [3.63, 3.8) is 0 Å². The van der Waals surface area contributed by atoms with E-state index < -0.39 is 0 Å². The number of benzene rings is 1. The molecule has 1 aromatic carbocycles. The average molecular weight is 400 g/mol. The van der Waals surface area contributed by atoms with Crippen molar-refractivity contribution in [3.8, 4) is 0 Å². The van der Waals surface area contributed by atoms with Crippen LogP contribution in [-0.4, -0.2) is 40.9 Å². The summed E-state index contributed by atoms with van der Waals surface area (Å²) in [6.07, 6.45) is 0.896. The van der Waals surface area contributed by atoms with Gasteiger partial charge >= 0.3 is 0 Å².